The Morgan fingerprint density at radius 2 is 1.62 bits per heavy atom. The lowest BCUT2D eigenvalue weighted by Gasteiger charge is -2.12. The highest BCUT2D eigenvalue weighted by molar-refractivity contribution is 7.89. The third kappa shape index (κ3) is 3.74. The summed E-state index contributed by atoms with van der Waals surface area (Å²) in [5.74, 6) is 0.185. The molecule has 32 heavy (non-hydrogen) atoms. The molecule has 3 aromatic carbocycles. The Morgan fingerprint density at radius 3 is 2.22 bits per heavy atom. The van der Waals surface area contributed by atoms with E-state index in [1.54, 1.807) is 18.2 Å². The fourth-order valence-corrected chi connectivity index (χ4v) is 4.48. The predicted octanol–water partition coefficient (Wildman–Crippen LogP) is 4.88. The van der Waals surface area contributed by atoms with Crippen molar-refractivity contribution in [2.24, 2.45) is 0 Å². The zero-order valence-electron chi connectivity index (χ0n) is 17.8. The number of carboxylic acids is 1. The number of aryl methyl sites for hydroxylation is 1. The molecule has 0 unspecified atom stereocenters. The lowest BCUT2D eigenvalue weighted by Crippen LogP contribution is -2.22. The van der Waals surface area contributed by atoms with Crippen molar-refractivity contribution in [3.05, 3.63) is 78.0 Å². The molecule has 1 heterocycles. The molecule has 4 rings (SSSR count). The van der Waals surface area contributed by atoms with E-state index in [1.807, 2.05) is 43.3 Å². The highest BCUT2D eigenvalue weighted by atomic mass is 32.2. The van der Waals surface area contributed by atoms with E-state index >= 15 is 0 Å². The number of hydrogen-bond donors (Lipinski definition) is 2. The van der Waals surface area contributed by atoms with Gasteiger partial charge >= 0.3 is 5.97 Å². The number of rotatable bonds is 6. The minimum absolute atomic E-state index is 0.0307. The van der Waals surface area contributed by atoms with Crippen LogP contribution in [0.2, 0.25) is 0 Å². The summed E-state index contributed by atoms with van der Waals surface area (Å²) in [7, 11) is -0.658. The standard InChI is InChI=1S/C24H22N2O5S/c1-15-20(31-17-7-5-4-6-8-17)14-13-19-21(23(24(27)28)25-22(15)19)16-9-11-18(12-10-16)32(29,30)26(2)3/h4-14,25H,1-3H3,(H,27,28). The van der Waals surface area contributed by atoms with Gasteiger partial charge in [-0.15, -0.1) is 0 Å². The summed E-state index contributed by atoms with van der Waals surface area (Å²) in [6.45, 7) is 1.86. The first-order valence-corrected chi connectivity index (χ1v) is 11.3. The van der Waals surface area contributed by atoms with Crippen molar-refractivity contribution in [1.29, 1.82) is 0 Å². The first-order valence-electron chi connectivity index (χ1n) is 9.84. The molecule has 0 aliphatic rings. The second kappa shape index (κ2) is 8.14. The molecular weight excluding hydrogens is 428 g/mol. The van der Waals surface area contributed by atoms with Crippen molar-refractivity contribution >= 4 is 26.9 Å². The second-order valence-electron chi connectivity index (χ2n) is 7.52. The Balaban J connectivity index is 1.83. The normalized spacial score (nSPS) is 11.8. The number of aromatic nitrogens is 1. The number of carbonyl (C=O) groups is 1. The summed E-state index contributed by atoms with van der Waals surface area (Å²) in [6.07, 6.45) is 0. The molecule has 0 saturated heterocycles. The molecule has 2 N–H and O–H groups in total. The summed E-state index contributed by atoms with van der Waals surface area (Å²) in [6, 6.07) is 19.1. The number of nitrogens with zero attached hydrogens (tertiary/aromatic N) is 1. The molecule has 0 fully saturated rings. The van der Waals surface area contributed by atoms with E-state index in [-0.39, 0.29) is 10.6 Å². The van der Waals surface area contributed by atoms with E-state index in [2.05, 4.69) is 4.98 Å². The lowest BCUT2D eigenvalue weighted by molar-refractivity contribution is 0.0692. The van der Waals surface area contributed by atoms with E-state index in [9.17, 15) is 18.3 Å². The molecular formula is C24H22N2O5S. The maximum Gasteiger partial charge on any atom is 0.352 e. The van der Waals surface area contributed by atoms with Gasteiger partial charge in [0.25, 0.3) is 0 Å². The van der Waals surface area contributed by atoms with Crippen LogP contribution in [-0.4, -0.2) is 42.9 Å². The SMILES string of the molecule is Cc1c(Oc2ccccc2)ccc2c(-c3ccc(S(=O)(=O)N(C)C)cc3)c(C(=O)O)[nH]c12. The van der Waals surface area contributed by atoms with Crippen LogP contribution in [0.25, 0.3) is 22.0 Å². The highest BCUT2D eigenvalue weighted by Crippen LogP contribution is 2.38. The number of para-hydroxylation sites is 1. The Kier molecular flexibility index (Phi) is 5.50. The van der Waals surface area contributed by atoms with Crippen LogP contribution < -0.4 is 4.74 Å². The van der Waals surface area contributed by atoms with Crippen molar-refractivity contribution in [1.82, 2.24) is 9.29 Å². The Bertz CT molecular complexity index is 1410. The maximum atomic E-state index is 12.4. The van der Waals surface area contributed by atoms with Crippen molar-refractivity contribution < 1.29 is 23.1 Å². The number of aromatic carboxylic acids is 1. The summed E-state index contributed by atoms with van der Waals surface area (Å²) in [5.41, 5.74) is 2.55. The molecule has 1 aromatic heterocycles. The van der Waals surface area contributed by atoms with Crippen molar-refractivity contribution in [2.45, 2.75) is 11.8 Å². The average molecular weight is 451 g/mol. The van der Waals surface area contributed by atoms with Crippen LogP contribution in [0.15, 0.2) is 71.6 Å². The first-order chi connectivity index (χ1) is 15.2. The molecule has 4 aromatic rings. The first kappa shape index (κ1) is 21.6. The van der Waals surface area contributed by atoms with Crippen LogP contribution in [-0.2, 0) is 10.0 Å². The van der Waals surface area contributed by atoms with Gasteiger partial charge in [-0.05, 0) is 48.9 Å². The number of benzene rings is 3. The van der Waals surface area contributed by atoms with Crippen molar-refractivity contribution in [3.8, 4) is 22.6 Å². The number of sulfonamides is 1. The molecule has 0 aliphatic carbocycles. The van der Waals surface area contributed by atoms with Crippen molar-refractivity contribution in [3.63, 3.8) is 0 Å². The Hall–Kier alpha value is -3.62. The molecule has 0 amide bonds. The average Bonchev–Trinajstić information content (AvgIpc) is 3.17. The van der Waals surface area contributed by atoms with Gasteiger partial charge in [0.2, 0.25) is 10.0 Å². The van der Waals surface area contributed by atoms with Crippen LogP contribution in [0.5, 0.6) is 11.5 Å². The fourth-order valence-electron chi connectivity index (χ4n) is 3.57. The van der Waals surface area contributed by atoms with Gasteiger partial charge in [0.1, 0.15) is 17.2 Å². The number of ether oxygens (including phenoxy) is 1. The van der Waals surface area contributed by atoms with E-state index in [4.69, 9.17) is 4.74 Å². The van der Waals surface area contributed by atoms with Gasteiger partial charge in [0, 0.05) is 30.6 Å². The smallest absolute Gasteiger partial charge is 0.352 e. The largest absolute Gasteiger partial charge is 0.477 e. The van der Waals surface area contributed by atoms with Gasteiger partial charge in [-0.25, -0.2) is 17.5 Å². The molecule has 0 saturated carbocycles. The number of fused-ring (bicyclic) bond motifs is 1. The minimum atomic E-state index is -3.58. The maximum absolute atomic E-state index is 12.4. The van der Waals surface area contributed by atoms with E-state index in [0.29, 0.717) is 33.5 Å². The molecule has 8 heteroatoms. The van der Waals surface area contributed by atoms with Crippen LogP contribution in [0.4, 0.5) is 0 Å². The monoisotopic (exact) mass is 450 g/mol. The zero-order chi connectivity index (χ0) is 23.0. The van der Waals surface area contributed by atoms with Gasteiger partial charge in [-0.1, -0.05) is 30.3 Å². The second-order valence-corrected chi connectivity index (χ2v) is 9.67. The Labute approximate surface area is 185 Å². The summed E-state index contributed by atoms with van der Waals surface area (Å²) < 4.78 is 31.8. The fraction of sp³-hybridized carbons (Fsp3) is 0.125. The number of aromatic amines is 1. The Morgan fingerprint density at radius 1 is 0.969 bits per heavy atom. The third-order valence-corrected chi connectivity index (χ3v) is 7.12. The third-order valence-electron chi connectivity index (χ3n) is 5.29. The topological polar surface area (TPSA) is 99.7 Å². The van der Waals surface area contributed by atoms with Crippen LogP contribution in [0, 0.1) is 6.92 Å². The molecule has 0 bridgehead atoms. The lowest BCUT2D eigenvalue weighted by atomic mass is 10.0. The quantitative estimate of drug-likeness (QED) is 0.436. The zero-order valence-corrected chi connectivity index (χ0v) is 18.6. The number of hydrogen-bond acceptors (Lipinski definition) is 4. The predicted molar refractivity (Wildman–Crippen MR) is 123 cm³/mol. The molecule has 164 valence electrons. The summed E-state index contributed by atoms with van der Waals surface area (Å²) >= 11 is 0. The summed E-state index contributed by atoms with van der Waals surface area (Å²) in [4.78, 5) is 15.2. The van der Waals surface area contributed by atoms with Gasteiger partial charge in [0.15, 0.2) is 0 Å². The number of nitrogens with one attached hydrogen (secondary N) is 1. The van der Waals surface area contributed by atoms with Crippen LogP contribution in [0.3, 0.4) is 0 Å². The molecule has 0 radical (unpaired) electrons. The minimum Gasteiger partial charge on any atom is -0.477 e. The van der Waals surface area contributed by atoms with Crippen molar-refractivity contribution in [2.75, 3.05) is 14.1 Å². The molecule has 7 nitrogen and oxygen atoms in total. The van der Waals surface area contributed by atoms with Gasteiger partial charge in [0.05, 0.1) is 10.4 Å². The van der Waals surface area contributed by atoms with Crippen LogP contribution >= 0.6 is 0 Å². The molecule has 0 aliphatic heterocycles. The molecule has 0 atom stereocenters. The summed E-state index contributed by atoms with van der Waals surface area (Å²) in [5, 5.41) is 10.5. The van der Waals surface area contributed by atoms with E-state index in [0.717, 1.165) is 9.87 Å². The number of carboxylic acid groups (broad SMARTS) is 1. The molecule has 0 spiro atoms. The highest BCUT2D eigenvalue weighted by Gasteiger charge is 2.22. The van der Waals surface area contributed by atoms with Crippen LogP contribution in [0.1, 0.15) is 16.1 Å². The van der Waals surface area contributed by atoms with E-state index < -0.39 is 16.0 Å². The van der Waals surface area contributed by atoms with E-state index in [1.165, 1.54) is 26.2 Å². The van der Waals surface area contributed by atoms with Gasteiger partial charge < -0.3 is 14.8 Å². The van der Waals surface area contributed by atoms with Gasteiger partial charge in [-0.2, -0.15) is 0 Å². The van der Waals surface area contributed by atoms with Gasteiger partial charge in [-0.3, -0.25) is 0 Å². The number of H-pyrrole nitrogens is 1.